The first-order valence-corrected chi connectivity index (χ1v) is 7.01. The van der Waals surface area contributed by atoms with Crippen LogP contribution in [0.15, 0.2) is 0 Å². The minimum absolute atomic E-state index is 0.0112. The van der Waals surface area contributed by atoms with Crippen molar-refractivity contribution in [3.8, 4) is 0 Å². The zero-order valence-electron chi connectivity index (χ0n) is 11.9. The Balaban J connectivity index is 2.11. The summed E-state index contributed by atoms with van der Waals surface area (Å²) in [5.74, 6) is 0.718. The van der Waals surface area contributed by atoms with E-state index in [1.54, 1.807) is 0 Å². The van der Waals surface area contributed by atoms with Gasteiger partial charge in [-0.1, -0.05) is 13.8 Å². The van der Waals surface area contributed by atoms with Gasteiger partial charge >= 0.3 is 5.97 Å². The largest absolute Gasteiger partial charge is 0.458 e. The molecule has 0 aromatic heterocycles. The van der Waals surface area contributed by atoms with E-state index < -0.39 is 0 Å². The summed E-state index contributed by atoms with van der Waals surface area (Å²) < 4.78 is 5.96. The van der Waals surface area contributed by atoms with Crippen molar-refractivity contribution in [1.82, 2.24) is 0 Å². The van der Waals surface area contributed by atoms with E-state index in [9.17, 15) is 4.79 Å². The number of carbonyl (C=O) groups is 1. The summed E-state index contributed by atoms with van der Waals surface area (Å²) in [5.41, 5.74) is -0.229. The van der Waals surface area contributed by atoms with Crippen molar-refractivity contribution in [1.29, 1.82) is 0 Å². The lowest BCUT2D eigenvalue weighted by Gasteiger charge is -2.35. The standard InChI is InChI=1S/C15H26O2/c1-6-13(3,4)12(16)17-14(5)8-7-9-15(14)10-11(15)2/h11H,6-10H2,1-5H3. The predicted octanol–water partition coefficient (Wildman–Crippen LogP) is 3.93. The Morgan fingerprint density at radius 2 is 2.00 bits per heavy atom. The van der Waals surface area contributed by atoms with Gasteiger partial charge in [0.05, 0.1) is 5.41 Å². The van der Waals surface area contributed by atoms with E-state index in [0.29, 0.717) is 5.41 Å². The quantitative estimate of drug-likeness (QED) is 0.696. The van der Waals surface area contributed by atoms with E-state index in [0.717, 1.165) is 18.8 Å². The fourth-order valence-corrected chi connectivity index (χ4v) is 3.47. The smallest absolute Gasteiger partial charge is 0.312 e. The van der Waals surface area contributed by atoms with E-state index in [-0.39, 0.29) is 17.0 Å². The molecule has 2 rings (SSSR count). The Hall–Kier alpha value is -0.530. The summed E-state index contributed by atoms with van der Waals surface area (Å²) in [5, 5.41) is 0. The first kappa shape index (κ1) is 12.9. The SMILES string of the molecule is CCC(C)(C)C(=O)OC1(C)CCCC12CC2C. The molecule has 17 heavy (non-hydrogen) atoms. The molecule has 2 fully saturated rings. The molecule has 2 saturated carbocycles. The predicted molar refractivity (Wildman–Crippen MR) is 68.6 cm³/mol. The monoisotopic (exact) mass is 238 g/mol. The van der Waals surface area contributed by atoms with Crippen LogP contribution in [0.25, 0.3) is 0 Å². The highest BCUT2D eigenvalue weighted by Gasteiger charge is 2.66. The molecule has 98 valence electrons. The third kappa shape index (κ3) is 1.80. The Morgan fingerprint density at radius 3 is 2.47 bits per heavy atom. The molecule has 0 aliphatic heterocycles. The van der Waals surface area contributed by atoms with Gasteiger partial charge in [-0.25, -0.2) is 0 Å². The highest BCUT2D eigenvalue weighted by atomic mass is 16.6. The summed E-state index contributed by atoms with van der Waals surface area (Å²) in [4.78, 5) is 12.3. The summed E-state index contributed by atoms with van der Waals surface area (Å²) >= 11 is 0. The molecular weight excluding hydrogens is 212 g/mol. The molecule has 2 nitrogen and oxygen atoms in total. The molecule has 0 radical (unpaired) electrons. The summed E-state index contributed by atoms with van der Waals surface area (Å²) in [6, 6.07) is 0. The lowest BCUT2D eigenvalue weighted by atomic mass is 9.85. The lowest BCUT2D eigenvalue weighted by Crippen LogP contribution is -2.41. The lowest BCUT2D eigenvalue weighted by molar-refractivity contribution is -0.175. The highest BCUT2D eigenvalue weighted by Crippen LogP contribution is 2.68. The topological polar surface area (TPSA) is 26.3 Å². The van der Waals surface area contributed by atoms with Crippen molar-refractivity contribution in [2.24, 2.45) is 16.7 Å². The Bertz CT molecular complexity index is 334. The van der Waals surface area contributed by atoms with Gasteiger partial charge in [0.25, 0.3) is 0 Å². The van der Waals surface area contributed by atoms with Crippen molar-refractivity contribution < 1.29 is 9.53 Å². The molecule has 3 atom stereocenters. The molecule has 3 unspecified atom stereocenters. The first-order valence-electron chi connectivity index (χ1n) is 7.01. The average Bonchev–Trinajstić information content (AvgIpc) is 2.79. The molecular formula is C15H26O2. The van der Waals surface area contributed by atoms with Crippen molar-refractivity contribution >= 4 is 5.97 Å². The van der Waals surface area contributed by atoms with E-state index in [4.69, 9.17) is 4.74 Å². The van der Waals surface area contributed by atoms with E-state index in [1.165, 1.54) is 19.3 Å². The van der Waals surface area contributed by atoms with Crippen LogP contribution in [0.4, 0.5) is 0 Å². The summed E-state index contributed by atoms with van der Waals surface area (Å²) in [7, 11) is 0. The highest BCUT2D eigenvalue weighted by molar-refractivity contribution is 5.76. The minimum atomic E-state index is -0.342. The second-order valence-corrected chi connectivity index (χ2v) is 6.97. The molecule has 0 bridgehead atoms. The van der Waals surface area contributed by atoms with Crippen LogP contribution < -0.4 is 0 Å². The maximum absolute atomic E-state index is 12.3. The molecule has 2 aliphatic carbocycles. The number of ether oxygens (including phenoxy) is 1. The van der Waals surface area contributed by atoms with Crippen molar-refractivity contribution in [2.45, 2.75) is 72.3 Å². The van der Waals surface area contributed by atoms with E-state index in [2.05, 4.69) is 13.8 Å². The minimum Gasteiger partial charge on any atom is -0.458 e. The zero-order valence-corrected chi connectivity index (χ0v) is 11.9. The number of esters is 1. The maximum atomic E-state index is 12.3. The maximum Gasteiger partial charge on any atom is 0.312 e. The molecule has 0 saturated heterocycles. The Kier molecular flexibility index (Phi) is 2.83. The van der Waals surface area contributed by atoms with Crippen LogP contribution >= 0.6 is 0 Å². The molecule has 0 aromatic rings. The molecule has 0 aromatic carbocycles. The van der Waals surface area contributed by atoms with Crippen LogP contribution in [-0.4, -0.2) is 11.6 Å². The number of rotatable bonds is 3. The van der Waals surface area contributed by atoms with Gasteiger partial charge in [-0.15, -0.1) is 0 Å². The van der Waals surface area contributed by atoms with Crippen LogP contribution in [0, 0.1) is 16.7 Å². The second-order valence-electron chi connectivity index (χ2n) is 6.97. The summed E-state index contributed by atoms with van der Waals surface area (Å²) in [6.45, 7) is 10.5. The molecule has 0 heterocycles. The average molecular weight is 238 g/mol. The van der Waals surface area contributed by atoms with Crippen LogP contribution in [0.5, 0.6) is 0 Å². The Labute approximate surface area is 105 Å². The molecule has 0 amide bonds. The molecule has 0 N–H and O–H groups in total. The van der Waals surface area contributed by atoms with E-state index >= 15 is 0 Å². The third-order valence-corrected chi connectivity index (χ3v) is 5.54. The first-order chi connectivity index (χ1) is 7.77. The summed E-state index contributed by atoms with van der Waals surface area (Å²) in [6.07, 6.45) is 5.57. The number of hydrogen-bond donors (Lipinski definition) is 0. The Morgan fingerprint density at radius 1 is 1.41 bits per heavy atom. The van der Waals surface area contributed by atoms with Crippen molar-refractivity contribution in [3.05, 3.63) is 0 Å². The van der Waals surface area contributed by atoms with Crippen LogP contribution in [0.3, 0.4) is 0 Å². The van der Waals surface area contributed by atoms with Gasteiger partial charge in [0, 0.05) is 5.41 Å². The van der Waals surface area contributed by atoms with E-state index in [1.807, 2.05) is 20.8 Å². The van der Waals surface area contributed by atoms with Gasteiger partial charge in [0.1, 0.15) is 5.60 Å². The fourth-order valence-electron chi connectivity index (χ4n) is 3.47. The van der Waals surface area contributed by atoms with Gasteiger partial charge in [0.15, 0.2) is 0 Å². The number of hydrogen-bond acceptors (Lipinski definition) is 2. The van der Waals surface area contributed by atoms with Gasteiger partial charge in [-0.05, 0) is 58.8 Å². The normalized spacial score (nSPS) is 40.6. The zero-order chi connectivity index (χ0) is 12.9. The van der Waals surface area contributed by atoms with Gasteiger partial charge < -0.3 is 4.74 Å². The van der Waals surface area contributed by atoms with Crippen molar-refractivity contribution in [2.75, 3.05) is 0 Å². The second kappa shape index (κ2) is 3.73. The van der Waals surface area contributed by atoms with Gasteiger partial charge in [-0.3, -0.25) is 4.79 Å². The van der Waals surface area contributed by atoms with Crippen LogP contribution in [0.1, 0.15) is 66.7 Å². The van der Waals surface area contributed by atoms with Crippen LogP contribution in [-0.2, 0) is 9.53 Å². The number of carbonyl (C=O) groups excluding carboxylic acids is 1. The molecule has 1 spiro atoms. The third-order valence-electron chi connectivity index (χ3n) is 5.54. The van der Waals surface area contributed by atoms with Crippen LogP contribution in [0.2, 0.25) is 0 Å². The fraction of sp³-hybridized carbons (Fsp3) is 0.933. The molecule has 2 heteroatoms. The van der Waals surface area contributed by atoms with Gasteiger partial charge in [0.2, 0.25) is 0 Å². The van der Waals surface area contributed by atoms with Gasteiger partial charge in [-0.2, -0.15) is 0 Å². The molecule has 2 aliphatic rings. The van der Waals surface area contributed by atoms with Crippen molar-refractivity contribution in [3.63, 3.8) is 0 Å².